The van der Waals surface area contributed by atoms with Gasteiger partial charge in [0, 0.05) is 11.6 Å². The normalized spacial score (nSPS) is 15.5. The van der Waals surface area contributed by atoms with Crippen LogP contribution < -0.4 is 0 Å². The van der Waals surface area contributed by atoms with E-state index in [1.165, 1.54) is 0 Å². The number of nitrogens with one attached hydrogen (secondary N) is 1. The number of imidazole rings is 1. The zero-order valence-corrected chi connectivity index (χ0v) is 9.46. The lowest BCUT2D eigenvalue weighted by molar-refractivity contribution is 0.168. The van der Waals surface area contributed by atoms with Crippen molar-refractivity contribution in [2.45, 2.75) is 52.6 Å². The highest BCUT2D eigenvalue weighted by Gasteiger charge is 2.15. The molecule has 0 aliphatic rings. The molecule has 0 bridgehead atoms. The van der Waals surface area contributed by atoms with Crippen molar-refractivity contribution in [3.05, 3.63) is 17.2 Å². The SMILES string of the molecule is CCC(C)c1nc(C(O)CC)c(C)[nH]1. The lowest BCUT2D eigenvalue weighted by Gasteiger charge is -2.04. The second-order valence-corrected chi connectivity index (χ2v) is 3.87. The summed E-state index contributed by atoms with van der Waals surface area (Å²) in [5, 5.41) is 9.70. The molecule has 2 N–H and O–H groups in total. The maximum atomic E-state index is 9.70. The van der Waals surface area contributed by atoms with Crippen molar-refractivity contribution in [3.63, 3.8) is 0 Å². The highest BCUT2D eigenvalue weighted by atomic mass is 16.3. The minimum atomic E-state index is -0.427. The van der Waals surface area contributed by atoms with E-state index in [0.717, 1.165) is 23.6 Å². The number of aliphatic hydroxyl groups excluding tert-OH is 1. The van der Waals surface area contributed by atoms with E-state index in [0.29, 0.717) is 12.3 Å². The van der Waals surface area contributed by atoms with Gasteiger partial charge in [0.15, 0.2) is 0 Å². The van der Waals surface area contributed by atoms with Crippen LogP contribution in [-0.2, 0) is 0 Å². The number of rotatable bonds is 4. The van der Waals surface area contributed by atoms with Crippen LogP contribution in [0.5, 0.6) is 0 Å². The predicted octanol–water partition coefficient (Wildman–Crippen LogP) is 2.68. The Morgan fingerprint density at radius 3 is 2.50 bits per heavy atom. The molecule has 0 aromatic carbocycles. The van der Waals surface area contributed by atoms with Gasteiger partial charge in [0.25, 0.3) is 0 Å². The van der Waals surface area contributed by atoms with Crippen molar-refractivity contribution in [2.24, 2.45) is 0 Å². The van der Waals surface area contributed by atoms with E-state index >= 15 is 0 Å². The minimum absolute atomic E-state index is 0.427. The fourth-order valence-corrected chi connectivity index (χ4v) is 1.44. The van der Waals surface area contributed by atoms with Crippen molar-refractivity contribution in [1.29, 1.82) is 0 Å². The van der Waals surface area contributed by atoms with E-state index in [4.69, 9.17) is 0 Å². The van der Waals surface area contributed by atoms with Gasteiger partial charge in [-0.15, -0.1) is 0 Å². The van der Waals surface area contributed by atoms with Gasteiger partial charge < -0.3 is 10.1 Å². The van der Waals surface area contributed by atoms with Gasteiger partial charge in [0.1, 0.15) is 5.82 Å². The maximum absolute atomic E-state index is 9.70. The molecule has 2 unspecified atom stereocenters. The monoisotopic (exact) mass is 196 g/mol. The number of aromatic nitrogens is 2. The number of hydrogen-bond acceptors (Lipinski definition) is 2. The summed E-state index contributed by atoms with van der Waals surface area (Å²) in [5.74, 6) is 1.43. The molecule has 0 aliphatic carbocycles. The summed E-state index contributed by atoms with van der Waals surface area (Å²) in [6.45, 7) is 8.20. The number of H-pyrrole nitrogens is 1. The van der Waals surface area contributed by atoms with E-state index in [9.17, 15) is 5.11 Å². The van der Waals surface area contributed by atoms with Gasteiger partial charge in [0.05, 0.1) is 11.8 Å². The third kappa shape index (κ3) is 2.15. The standard InChI is InChI=1S/C11H20N2O/c1-5-7(3)11-12-8(4)10(13-11)9(14)6-2/h7,9,14H,5-6H2,1-4H3,(H,12,13). The molecule has 14 heavy (non-hydrogen) atoms. The molecule has 80 valence electrons. The largest absolute Gasteiger partial charge is 0.387 e. The number of aromatic amines is 1. The lowest BCUT2D eigenvalue weighted by Crippen LogP contribution is -1.98. The highest BCUT2D eigenvalue weighted by Crippen LogP contribution is 2.22. The zero-order chi connectivity index (χ0) is 10.7. The van der Waals surface area contributed by atoms with E-state index in [-0.39, 0.29) is 0 Å². The Kier molecular flexibility index (Phi) is 3.69. The summed E-state index contributed by atoms with van der Waals surface area (Å²) < 4.78 is 0. The summed E-state index contributed by atoms with van der Waals surface area (Å²) in [6.07, 6.45) is 1.35. The molecule has 0 radical (unpaired) electrons. The Balaban J connectivity index is 2.92. The van der Waals surface area contributed by atoms with Crippen LogP contribution in [0.1, 0.15) is 62.8 Å². The van der Waals surface area contributed by atoms with Gasteiger partial charge >= 0.3 is 0 Å². The van der Waals surface area contributed by atoms with E-state index in [2.05, 4.69) is 23.8 Å². The molecule has 1 aromatic rings. The first-order valence-electron chi connectivity index (χ1n) is 5.34. The smallest absolute Gasteiger partial charge is 0.109 e. The van der Waals surface area contributed by atoms with Gasteiger partial charge in [-0.25, -0.2) is 4.98 Å². The van der Waals surface area contributed by atoms with Gasteiger partial charge in [-0.3, -0.25) is 0 Å². The average Bonchev–Trinajstić information content (AvgIpc) is 2.58. The summed E-state index contributed by atoms with van der Waals surface area (Å²) in [4.78, 5) is 7.69. The van der Waals surface area contributed by atoms with Gasteiger partial charge in [-0.1, -0.05) is 20.8 Å². The Bertz CT molecular complexity index is 293. The van der Waals surface area contributed by atoms with E-state index in [1.807, 2.05) is 13.8 Å². The molecule has 0 saturated heterocycles. The van der Waals surface area contributed by atoms with Crippen LogP contribution in [-0.4, -0.2) is 15.1 Å². The van der Waals surface area contributed by atoms with Crippen molar-refractivity contribution in [1.82, 2.24) is 9.97 Å². The summed E-state index contributed by atoms with van der Waals surface area (Å²) >= 11 is 0. The van der Waals surface area contributed by atoms with Crippen molar-refractivity contribution in [3.8, 4) is 0 Å². The fraction of sp³-hybridized carbons (Fsp3) is 0.727. The summed E-state index contributed by atoms with van der Waals surface area (Å²) in [5.41, 5.74) is 1.80. The molecule has 0 saturated carbocycles. The Labute approximate surface area is 85.6 Å². The first kappa shape index (κ1) is 11.2. The first-order chi connectivity index (χ1) is 6.60. The molecule has 3 nitrogen and oxygen atoms in total. The average molecular weight is 196 g/mol. The Hall–Kier alpha value is -0.830. The molecular formula is C11H20N2O. The lowest BCUT2D eigenvalue weighted by atomic mass is 10.1. The number of hydrogen-bond donors (Lipinski definition) is 2. The molecule has 0 fully saturated rings. The topological polar surface area (TPSA) is 48.9 Å². The Morgan fingerprint density at radius 1 is 1.36 bits per heavy atom. The third-order valence-corrected chi connectivity index (χ3v) is 2.72. The highest BCUT2D eigenvalue weighted by molar-refractivity contribution is 5.17. The molecule has 3 heteroatoms. The van der Waals surface area contributed by atoms with Crippen LogP contribution in [0.15, 0.2) is 0 Å². The van der Waals surface area contributed by atoms with Crippen molar-refractivity contribution >= 4 is 0 Å². The number of aryl methyl sites for hydroxylation is 1. The van der Waals surface area contributed by atoms with Crippen molar-refractivity contribution in [2.75, 3.05) is 0 Å². The molecule has 1 rings (SSSR count). The maximum Gasteiger partial charge on any atom is 0.109 e. The molecule has 1 heterocycles. The number of aliphatic hydroxyl groups is 1. The van der Waals surface area contributed by atoms with Crippen LogP contribution in [0.25, 0.3) is 0 Å². The van der Waals surface area contributed by atoms with Crippen LogP contribution in [0.2, 0.25) is 0 Å². The van der Waals surface area contributed by atoms with Crippen LogP contribution >= 0.6 is 0 Å². The molecule has 0 aliphatic heterocycles. The van der Waals surface area contributed by atoms with Crippen LogP contribution in [0, 0.1) is 6.92 Å². The van der Waals surface area contributed by atoms with E-state index in [1.54, 1.807) is 0 Å². The second-order valence-electron chi connectivity index (χ2n) is 3.87. The first-order valence-corrected chi connectivity index (χ1v) is 5.34. The van der Waals surface area contributed by atoms with Gasteiger partial charge in [-0.05, 0) is 19.8 Å². The van der Waals surface area contributed by atoms with Gasteiger partial charge in [0.2, 0.25) is 0 Å². The summed E-state index contributed by atoms with van der Waals surface area (Å²) in [7, 11) is 0. The molecule has 2 atom stereocenters. The third-order valence-electron chi connectivity index (χ3n) is 2.72. The summed E-state index contributed by atoms with van der Waals surface area (Å²) in [6, 6.07) is 0. The molecule has 0 spiro atoms. The molecule has 1 aromatic heterocycles. The van der Waals surface area contributed by atoms with Crippen LogP contribution in [0.3, 0.4) is 0 Å². The Morgan fingerprint density at radius 2 is 2.00 bits per heavy atom. The van der Waals surface area contributed by atoms with Gasteiger partial charge in [-0.2, -0.15) is 0 Å². The minimum Gasteiger partial charge on any atom is -0.387 e. The quantitative estimate of drug-likeness (QED) is 0.777. The predicted molar refractivity (Wildman–Crippen MR) is 57.3 cm³/mol. The van der Waals surface area contributed by atoms with E-state index < -0.39 is 6.10 Å². The zero-order valence-electron chi connectivity index (χ0n) is 9.46. The van der Waals surface area contributed by atoms with Crippen molar-refractivity contribution < 1.29 is 5.11 Å². The second kappa shape index (κ2) is 4.60. The fourth-order valence-electron chi connectivity index (χ4n) is 1.44. The molecule has 0 amide bonds. The number of nitrogens with zero attached hydrogens (tertiary/aromatic N) is 1. The van der Waals surface area contributed by atoms with Crippen LogP contribution in [0.4, 0.5) is 0 Å². The molecular weight excluding hydrogens is 176 g/mol.